The van der Waals surface area contributed by atoms with Crippen LogP contribution in [0.3, 0.4) is 0 Å². The first kappa shape index (κ1) is 30.0. The highest BCUT2D eigenvalue weighted by molar-refractivity contribution is 7.84. The predicted octanol–water partition coefficient (Wildman–Crippen LogP) is 6.87. The smallest absolute Gasteiger partial charge is 0.336 e. The van der Waals surface area contributed by atoms with Gasteiger partial charge in [0.1, 0.15) is 17.2 Å². The fourth-order valence-corrected chi connectivity index (χ4v) is 6.26. The van der Waals surface area contributed by atoms with Crippen molar-refractivity contribution in [2.24, 2.45) is 0 Å². The number of anilines is 1. The largest absolute Gasteiger partial charge is 0.491 e. The van der Waals surface area contributed by atoms with Gasteiger partial charge >= 0.3 is 7.60 Å². The predicted molar refractivity (Wildman–Crippen MR) is 150 cm³/mol. The molecular formula is C26H33N2O7PS2. The molecule has 2 atom stereocenters. The van der Waals surface area contributed by atoms with Crippen LogP contribution in [0, 0.1) is 0 Å². The number of carbonyl (C=O) groups is 1. The van der Waals surface area contributed by atoms with E-state index in [0.29, 0.717) is 38.5 Å². The fraction of sp³-hybridized carbons (Fsp3) is 0.385. The van der Waals surface area contributed by atoms with E-state index in [4.69, 9.17) is 18.5 Å². The van der Waals surface area contributed by atoms with Crippen LogP contribution in [0.25, 0.3) is 0 Å². The summed E-state index contributed by atoms with van der Waals surface area (Å²) in [5, 5.41) is 4.85. The zero-order valence-electron chi connectivity index (χ0n) is 22.1. The van der Waals surface area contributed by atoms with Crippen LogP contribution in [0.5, 0.6) is 17.2 Å². The lowest BCUT2D eigenvalue weighted by Crippen LogP contribution is -2.14. The van der Waals surface area contributed by atoms with Gasteiger partial charge in [0.2, 0.25) is 0 Å². The first-order valence-electron chi connectivity index (χ1n) is 12.2. The number of hydrogen-bond donors (Lipinski definition) is 1. The Balaban J connectivity index is 1.80. The molecule has 2 aromatic carbocycles. The van der Waals surface area contributed by atoms with E-state index < -0.39 is 24.3 Å². The monoisotopic (exact) mass is 580 g/mol. The number of ether oxygens (including phenoxy) is 2. The second kappa shape index (κ2) is 14.0. The van der Waals surface area contributed by atoms with Gasteiger partial charge in [-0.15, -0.1) is 11.3 Å². The quantitative estimate of drug-likeness (QED) is 0.206. The van der Waals surface area contributed by atoms with Gasteiger partial charge in [0, 0.05) is 39.0 Å². The van der Waals surface area contributed by atoms with Crippen molar-refractivity contribution in [1.29, 1.82) is 0 Å². The van der Waals surface area contributed by atoms with E-state index in [-0.39, 0.29) is 25.5 Å². The van der Waals surface area contributed by atoms with Crippen molar-refractivity contribution in [3.8, 4) is 17.2 Å². The minimum absolute atomic E-state index is 0.0156. The van der Waals surface area contributed by atoms with E-state index in [1.54, 1.807) is 67.9 Å². The number of nitrogens with one attached hydrogen (secondary N) is 1. The van der Waals surface area contributed by atoms with E-state index in [9.17, 15) is 13.6 Å². The number of rotatable bonds is 14. The van der Waals surface area contributed by atoms with Gasteiger partial charge in [0.15, 0.2) is 5.13 Å². The second-order valence-electron chi connectivity index (χ2n) is 8.26. The lowest BCUT2D eigenvalue weighted by Gasteiger charge is -2.16. The maximum atomic E-state index is 13.2. The van der Waals surface area contributed by atoms with Gasteiger partial charge in [-0.3, -0.25) is 18.9 Å². The first-order chi connectivity index (χ1) is 18.1. The van der Waals surface area contributed by atoms with E-state index in [0.717, 1.165) is 6.42 Å². The zero-order chi connectivity index (χ0) is 27.7. The van der Waals surface area contributed by atoms with Gasteiger partial charge in [-0.05, 0) is 63.6 Å². The Morgan fingerprint density at radius 2 is 1.71 bits per heavy atom. The van der Waals surface area contributed by atoms with E-state index in [1.165, 1.54) is 11.3 Å². The number of amides is 1. The van der Waals surface area contributed by atoms with Crippen molar-refractivity contribution in [3.63, 3.8) is 0 Å². The maximum Gasteiger partial charge on any atom is 0.336 e. The SMILES string of the molecule is CCOP(=O)(Cc1csc(NC(=O)c2cc(Oc3ccc(S(C)=O)cc3)cc(O[C@@H](C)CC)c2)n1)OCC. The second-order valence-corrected chi connectivity index (χ2v) is 12.6. The lowest BCUT2D eigenvalue weighted by atomic mass is 10.2. The Hall–Kier alpha value is -2.56. The lowest BCUT2D eigenvalue weighted by molar-refractivity contribution is 0.102. The van der Waals surface area contributed by atoms with Gasteiger partial charge in [-0.1, -0.05) is 6.92 Å². The summed E-state index contributed by atoms with van der Waals surface area (Å²) < 4.78 is 47.1. The molecular weight excluding hydrogens is 547 g/mol. The molecule has 206 valence electrons. The molecule has 12 heteroatoms. The van der Waals surface area contributed by atoms with Gasteiger partial charge in [0.25, 0.3) is 5.91 Å². The zero-order valence-corrected chi connectivity index (χ0v) is 24.6. The molecule has 0 fully saturated rings. The normalized spacial score (nSPS) is 13.1. The third-order valence-corrected chi connectivity index (χ3v) is 8.98. The Morgan fingerprint density at radius 3 is 2.32 bits per heavy atom. The molecule has 0 bridgehead atoms. The van der Waals surface area contributed by atoms with Gasteiger partial charge in [-0.2, -0.15) is 0 Å². The molecule has 1 amide bonds. The van der Waals surface area contributed by atoms with Crippen LogP contribution in [0.2, 0.25) is 0 Å². The van der Waals surface area contributed by atoms with Crippen molar-refractivity contribution in [2.45, 2.75) is 51.3 Å². The fourth-order valence-electron chi connectivity index (χ4n) is 3.31. The van der Waals surface area contributed by atoms with Crippen molar-refractivity contribution >= 4 is 40.8 Å². The Kier molecular flexibility index (Phi) is 11.1. The average molecular weight is 581 g/mol. The van der Waals surface area contributed by atoms with E-state index in [1.807, 2.05) is 13.8 Å². The molecule has 3 aromatic rings. The van der Waals surface area contributed by atoms with Crippen LogP contribution in [0.4, 0.5) is 5.13 Å². The molecule has 3 rings (SSSR count). The van der Waals surface area contributed by atoms with E-state index >= 15 is 0 Å². The summed E-state index contributed by atoms with van der Waals surface area (Å²) in [6.45, 7) is 7.96. The van der Waals surface area contributed by atoms with Gasteiger partial charge < -0.3 is 18.5 Å². The molecule has 9 nitrogen and oxygen atoms in total. The number of nitrogens with zero attached hydrogens (tertiary/aromatic N) is 1. The van der Waals surface area contributed by atoms with Crippen LogP contribution in [0.1, 0.15) is 50.2 Å². The third kappa shape index (κ3) is 8.74. The standard InChI is InChI=1S/C26H33N2O7PS2/c1-6-18(4)34-22-13-19(14-23(15-22)35-21-9-11-24(12-10-21)38(5)31)25(29)28-26-27-20(17-37-26)16-36(30,32-7-2)33-8-3/h9-15,17-18H,6-8,16H2,1-5H3,(H,27,28,29)/t18-,38?/m0/s1. The Bertz CT molecular complexity index is 1290. The van der Waals surface area contributed by atoms with Crippen LogP contribution in [0.15, 0.2) is 52.7 Å². The molecule has 0 saturated heterocycles. The minimum atomic E-state index is -3.31. The topological polar surface area (TPSA) is 113 Å². The van der Waals surface area contributed by atoms with Crippen LogP contribution >= 0.6 is 18.9 Å². The summed E-state index contributed by atoms with van der Waals surface area (Å²) in [6, 6.07) is 11.9. The molecule has 1 unspecified atom stereocenters. The van der Waals surface area contributed by atoms with Crippen LogP contribution in [-0.2, 0) is 30.6 Å². The summed E-state index contributed by atoms with van der Waals surface area (Å²) in [7, 11) is -4.41. The summed E-state index contributed by atoms with van der Waals surface area (Å²) in [6.07, 6.45) is 2.35. The molecule has 38 heavy (non-hydrogen) atoms. The number of thiazole rings is 1. The van der Waals surface area contributed by atoms with Crippen LogP contribution in [-0.4, -0.2) is 40.7 Å². The molecule has 0 spiro atoms. The molecule has 1 aromatic heterocycles. The number of carbonyl (C=O) groups excluding carboxylic acids is 1. The third-order valence-electron chi connectivity index (χ3n) is 5.23. The summed E-state index contributed by atoms with van der Waals surface area (Å²) in [4.78, 5) is 18.2. The van der Waals surface area contributed by atoms with Crippen LogP contribution < -0.4 is 14.8 Å². The number of hydrogen-bond acceptors (Lipinski definition) is 9. The number of aromatic nitrogens is 1. The van der Waals surface area contributed by atoms with Gasteiger partial charge in [-0.25, -0.2) is 4.98 Å². The highest BCUT2D eigenvalue weighted by Crippen LogP contribution is 2.51. The summed E-state index contributed by atoms with van der Waals surface area (Å²) >= 11 is 1.22. The van der Waals surface area contributed by atoms with Crippen molar-refractivity contribution < 1.29 is 32.1 Å². The highest BCUT2D eigenvalue weighted by Gasteiger charge is 2.26. The molecule has 0 aliphatic carbocycles. The average Bonchev–Trinajstić information content (AvgIpc) is 3.30. The molecule has 0 aliphatic rings. The maximum absolute atomic E-state index is 13.2. The van der Waals surface area contributed by atoms with E-state index in [2.05, 4.69) is 10.3 Å². The van der Waals surface area contributed by atoms with Crippen molar-refractivity contribution in [1.82, 2.24) is 4.98 Å². The summed E-state index contributed by atoms with van der Waals surface area (Å²) in [5.41, 5.74) is 0.822. The molecule has 1 N–H and O–H groups in total. The Morgan fingerprint density at radius 1 is 1.05 bits per heavy atom. The molecule has 0 aliphatic heterocycles. The molecule has 0 radical (unpaired) electrons. The molecule has 0 saturated carbocycles. The van der Waals surface area contributed by atoms with Crippen molar-refractivity contribution in [3.05, 3.63) is 59.1 Å². The minimum Gasteiger partial charge on any atom is -0.491 e. The van der Waals surface area contributed by atoms with Crippen molar-refractivity contribution in [2.75, 3.05) is 24.8 Å². The Labute approximate surface area is 229 Å². The van der Waals surface area contributed by atoms with Gasteiger partial charge in [0.05, 0.1) is 31.2 Å². The summed E-state index contributed by atoms with van der Waals surface area (Å²) in [5.74, 6) is 1.03. The number of benzene rings is 2. The highest BCUT2D eigenvalue weighted by atomic mass is 32.2. The molecule has 1 heterocycles. The first-order valence-corrected chi connectivity index (χ1v) is 16.4.